The molecule has 4 rings (SSSR count). The predicted molar refractivity (Wildman–Crippen MR) is 124 cm³/mol. The molecule has 0 aliphatic carbocycles. The third-order valence-electron chi connectivity index (χ3n) is 5.95. The second-order valence-corrected chi connectivity index (χ2v) is 9.23. The van der Waals surface area contributed by atoms with Crippen LogP contribution in [-0.2, 0) is 15.0 Å². The van der Waals surface area contributed by atoms with Crippen molar-refractivity contribution in [1.82, 2.24) is 10.3 Å². The van der Waals surface area contributed by atoms with E-state index in [-0.39, 0.29) is 6.54 Å². The zero-order valence-corrected chi connectivity index (χ0v) is 18.8. The maximum absolute atomic E-state index is 13.6. The Morgan fingerprint density at radius 3 is 2.59 bits per heavy atom. The highest BCUT2D eigenvalue weighted by Crippen LogP contribution is 2.48. The van der Waals surface area contributed by atoms with Gasteiger partial charge in [-0.25, -0.2) is 4.98 Å². The molecule has 0 bridgehead atoms. The predicted octanol–water partition coefficient (Wildman–Crippen LogP) is 4.23. The number of thiazole rings is 1. The quantitative estimate of drug-likeness (QED) is 0.518. The summed E-state index contributed by atoms with van der Waals surface area (Å²) >= 11 is 7.62. The molecule has 2 heterocycles. The van der Waals surface area contributed by atoms with Crippen molar-refractivity contribution < 1.29 is 19.8 Å². The standard InChI is InChI=1S/C24H23ClN2O4S/c25-19-9-5-4-8-17(19)20-14-32-23(27-20)24(12-21(29)30)18(15-6-2-1-3-7-15)11-10-16(28)13-26-22(24)31/h1-9,14,16,18,28H,10-13H2,(H,26,31)(H,29,30)/t16-,18+,24+/m1/s1. The number of rotatable bonds is 5. The fraction of sp³-hybridized carbons (Fsp3) is 0.292. The van der Waals surface area contributed by atoms with Gasteiger partial charge in [0.25, 0.3) is 0 Å². The number of hydrogen-bond acceptors (Lipinski definition) is 5. The maximum Gasteiger partial charge on any atom is 0.304 e. The summed E-state index contributed by atoms with van der Waals surface area (Å²) in [5, 5.41) is 25.7. The van der Waals surface area contributed by atoms with Gasteiger partial charge in [0.15, 0.2) is 0 Å². The molecule has 0 radical (unpaired) electrons. The van der Waals surface area contributed by atoms with Crippen LogP contribution in [0.1, 0.15) is 35.8 Å². The van der Waals surface area contributed by atoms with E-state index in [0.717, 1.165) is 11.1 Å². The number of nitrogens with one attached hydrogen (secondary N) is 1. The number of benzene rings is 2. The highest BCUT2D eigenvalue weighted by molar-refractivity contribution is 7.10. The van der Waals surface area contributed by atoms with E-state index in [2.05, 4.69) is 5.32 Å². The van der Waals surface area contributed by atoms with Gasteiger partial charge in [-0.15, -0.1) is 11.3 Å². The van der Waals surface area contributed by atoms with Gasteiger partial charge in [-0.2, -0.15) is 0 Å². The van der Waals surface area contributed by atoms with Crippen LogP contribution in [0.25, 0.3) is 11.3 Å². The van der Waals surface area contributed by atoms with Crippen LogP contribution in [-0.4, -0.2) is 39.7 Å². The summed E-state index contributed by atoms with van der Waals surface area (Å²) in [6.45, 7) is 0.0739. The van der Waals surface area contributed by atoms with Crippen LogP contribution < -0.4 is 5.32 Å². The molecule has 1 amide bonds. The molecule has 166 valence electrons. The molecule has 0 spiro atoms. The lowest BCUT2D eigenvalue weighted by molar-refractivity contribution is -0.143. The first-order valence-corrected chi connectivity index (χ1v) is 11.6. The van der Waals surface area contributed by atoms with Crippen molar-refractivity contribution >= 4 is 34.8 Å². The molecular weight excluding hydrogens is 448 g/mol. The van der Waals surface area contributed by atoms with Crippen LogP contribution in [0.3, 0.4) is 0 Å². The number of aromatic nitrogens is 1. The first-order chi connectivity index (χ1) is 15.4. The van der Waals surface area contributed by atoms with Crippen LogP contribution >= 0.6 is 22.9 Å². The van der Waals surface area contributed by atoms with E-state index >= 15 is 0 Å². The Bertz CT molecular complexity index is 1120. The molecule has 1 aliphatic heterocycles. The summed E-state index contributed by atoms with van der Waals surface area (Å²) in [5.41, 5.74) is 0.743. The van der Waals surface area contributed by atoms with Gasteiger partial charge in [-0.3, -0.25) is 9.59 Å². The highest BCUT2D eigenvalue weighted by atomic mass is 35.5. The van der Waals surface area contributed by atoms with Crippen LogP contribution in [0.2, 0.25) is 5.02 Å². The number of aliphatic carboxylic acids is 1. The van der Waals surface area contributed by atoms with Gasteiger partial charge < -0.3 is 15.5 Å². The second kappa shape index (κ2) is 9.40. The van der Waals surface area contributed by atoms with Crippen molar-refractivity contribution in [2.75, 3.05) is 6.54 Å². The van der Waals surface area contributed by atoms with Crippen LogP contribution in [0, 0.1) is 0 Å². The molecule has 3 N–H and O–H groups in total. The topological polar surface area (TPSA) is 99.5 Å². The Kier molecular flexibility index (Phi) is 6.60. The molecular formula is C24H23ClN2O4S. The second-order valence-electron chi connectivity index (χ2n) is 7.96. The number of carbonyl (C=O) groups excluding carboxylic acids is 1. The number of hydrogen-bond donors (Lipinski definition) is 3. The van der Waals surface area contributed by atoms with E-state index < -0.39 is 35.7 Å². The SMILES string of the molecule is O=C(O)C[C@@]1(c2nc(-c3ccccc3Cl)cs2)C(=O)NC[C@H](O)CC[C@H]1c1ccccc1. The molecule has 0 unspecified atom stereocenters. The van der Waals surface area contributed by atoms with Crippen LogP contribution in [0.4, 0.5) is 0 Å². The number of carboxylic acid groups (broad SMARTS) is 1. The molecule has 8 heteroatoms. The Labute approximate surface area is 194 Å². The van der Waals surface area contributed by atoms with Gasteiger partial charge in [0.2, 0.25) is 5.91 Å². The third kappa shape index (κ3) is 4.28. The van der Waals surface area contributed by atoms with E-state index in [4.69, 9.17) is 16.6 Å². The van der Waals surface area contributed by atoms with Crippen molar-refractivity contribution in [3.8, 4) is 11.3 Å². The van der Waals surface area contributed by atoms with E-state index in [9.17, 15) is 19.8 Å². The average molecular weight is 471 g/mol. The summed E-state index contributed by atoms with van der Waals surface area (Å²) in [7, 11) is 0. The van der Waals surface area contributed by atoms with Gasteiger partial charge in [0.1, 0.15) is 10.4 Å². The molecule has 0 saturated carbocycles. The zero-order valence-electron chi connectivity index (χ0n) is 17.2. The molecule has 32 heavy (non-hydrogen) atoms. The maximum atomic E-state index is 13.6. The fourth-order valence-corrected chi connectivity index (χ4v) is 5.71. The molecule has 3 atom stereocenters. The number of halogens is 1. The Morgan fingerprint density at radius 1 is 1.16 bits per heavy atom. The Balaban J connectivity index is 1.90. The van der Waals surface area contributed by atoms with E-state index in [1.54, 1.807) is 6.07 Å². The number of nitrogens with zero attached hydrogens (tertiary/aromatic N) is 1. The Morgan fingerprint density at radius 2 is 1.88 bits per heavy atom. The monoisotopic (exact) mass is 470 g/mol. The summed E-state index contributed by atoms with van der Waals surface area (Å²) < 4.78 is 0. The lowest BCUT2D eigenvalue weighted by atomic mass is 9.66. The number of carbonyl (C=O) groups is 2. The molecule has 1 aliphatic rings. The van der Waals surface area contributed by atoms with Gasteiger partial charge in [-0.05, 0) is 24.5 Å². The number of aliphatic hydroxyl groups is 1. The minimum atomic E-state index is -1.42. The lowest BCUT2D eigenvalue weighted by Gasteiger charge is -2.39. The largest absolute Gasteiger partial charge is 0.481 e. The average Bonchev–Trinajstić information content (AvgIpc) is 3.27. The van der Waals surface area contributed by atoms with Crippen LogP contribution in [0.5, 0.6) is 0 Å². The van der Waals surface area contributed by atoms with Crippen molar-refractivity contribution in [2.45, 2.75) is 36.7 Å². The molecule has 2 aromatic carbocycles. The van der Waals surface area contributed by atoms with Gasteiger partial charge in [0, 0.05) is 28.4 Å². The van der Waals surface area contributed by atoms with Crippen molar-refractivity contribution in [1.29, 1.82) is 0 Å². The smallest absolute Gasteiger partial charge is 0.304 e. The van der Waals surface area contributed by atoms with Gasteiger partial charge in [0.05, 0.1) is 18.2 Å². The number of carboxylic acids is 1. The summed E-state index contributed by atoms with van der Waals surface area (Å²) in [5.74, 6) is -2.00. The number of amides is 1. The van der Waals surface area contributed by atoms with Crippen molar-refractivity contribution in [3.63, 3.8) is 0 Å². The number of aliphatic hydroxyl groups excluding tert-OH is 1. The Hall–Kier alpha value is -2.74. The number of β-amino-alcohol motifs (C(OH)–C–C–N with tert-alkyl or cyclic N) is 1. The first-order valence-electron chi connectivity index (χ1n) is 10.4. The first kappa shape index (κ1) is 22.5. The van der Waals surface area contributed by atoms with Crippen LogP contribution in [0.15, 0.2) is 60.0 Å². The summed E-state index contributed by atoms with van der Waals surface area (Å²) in [6, 6.07) is 16.7. The molecule has 6 nitrogen and oxygen atoms in total. The van der Waals surface area contributed by atoms with E-state index in [1.165, 1.54) is 11.3 Å². The zero-order chi connectivity index (χ0) is 22.7. The van der Waals surface area contributed by atoms with Crippen molar-refractivity contribution in [2.24, 2.45) is 0 Å². The molecule has 3 aromatic rings. The summed E-state index contributed by atoms with van der Waals surface area (Å²) in [4.78, 5) is 30.5. The van der Waals surface area contributed by atoms with Gasteiger partial charge >= 0.3 is 5.97 Å². The lowest BCUT2D eigenvalue weighted by Crippen LogP contribution is -2.53. The minimum absolute atomic E-state index is 0.0739. The third-order valence-corrected chi connectivity index (χ3v) is 7.30. The van der Waals surface area contributed by atoms with Crippen molar-refractivity contribution in [3.05, 3.63) is 75.6 Å². The summed E-state index contributed by atoms with van der Waals surface area (Å²) in [6.07, 6.45) is -0.219. The van der Waals surface area contributed by atoms with E-state index in [0.29, 0.717) is 28.6 Å². The normalized spacial score (nSPS) is 23.8. The molecule has 1 saturated heterocycles. The fourth-order valence-electron chi connectivity index (χ4n) is 4.41. The highest BCUT2D eigenvalue weighted by Gasteiger charge is 2.52. The molecule has 1 aromatic heterocycles. The van der Waals surface area contributed by atoms with E-state index in [1.807, 2.05) is 53.9 Å². The van der Waals surface area contributed by atoms with Gasteiger partial charge in [-0.1, -0.05) is 60.1 Å². The minimum Gasteiger partial charge on any atom is -0.481 e. The molecule has 1 fully saturated rings.